The third kappa shape index (κ3) is 6.00. The largest absolute Gasteiger partial charge is 0.355 e. The molecule has 2 aliphatic heterocycles. The van der Waals surface area contributed by atoms with Crippen molar-refractivity contribution in [1.29, 1.82) is 0 Å². The van der Waals surface area contributed by atoms with Gasteiger partial charge in [0.2, 0.25) is 11.8 Å². The van der Waals surface area contributed by atoms with Gasteiger partial charge < -0.3 is 20.4 Å². The minimum atomic E-state index is -0.0112. The topological polar surface area (TPSA) is 77.0 Å². The number of nitrogens with zero attached hydrogens (tertiary/aromatic N) is 3. The maximum Gasteiger partial charge on any atom is 0.243 e. The number of amides is 2. The number of carbonyl (C=O) groups is 2. The van der Waals surface area contributed by atoms with E-state index in [9.17, 15) is 9.59 Å². The second-order valence-electron chi connectivity index (χ2n) is 7.36. The van der Waals surface area contributed by atoms with Crippen LogP contribution in [0.25, 0.3) is 0 Å². The normalized spacial score (nSPS) is 24.6. The predicted molar refractivity (Wildman–Crippen MR) is 110 cm³/mol. The highest BCUT2D eigenvalue weighted by atomic mass is 127. The lowest BCUT2D eigenvalue weighted by Gasteiger charge is -2.41. The lowest BCUT2D eigenvalue weighted by molar-refractivity contribution is -0.127. The molecule has 2 saturated heterocycles. The number of hydrogen-bond acceptors (Lipinski definition) is 3. The number of halogens is 1. The van der Waals surface area contributed by atoms with Crippen LogP contribution < -0.4 is 10.6 Å². The molecule has 2 N–H and O–H groups in total. The van der Waals surface area contributed by atoms with Gasteiger partial charge in [0.1, 0.15) is 6.54 Å². The van der Waals surface area contributed by atoms with Crippen LogP contribution in [-0.4, -0.2) is 73.9 Å². The number of nitrogens with one attached hydrogen (secondary N) is 2. The van der Waals surface area contributed by atoms with Gasteiger partial charge in [-0.05, 0) is 26.2 Å². The molecular weight excluding hydrogens is 433 g/mol. The number of hydrogen-bond donors (Lipinski definition) is 2. The van der Waals surface area contributed by atoms with Crippen LogP contribution >= 0.6 is 24.0 Å². The zero-order chi connectivity index (χ0) is 17.7. The SMILES string of the molecule is CCC(C)NC(=NCC(=O)N(C)C)N1CCCC2(CNC(=O)C2)C1.I. The van der Waals surface area contributed by atoms with Crippen molar-refractivity contribution in [2.75, 3.05) is 40.3 Å². The van der Waals surface area contributed by atoms with E-state index in [-0.39, 0.29) is 47.8 Å². The maximum atomic E-state index is 11.9. The number of guanidine groups is 1. The van der Waals surface area contributed by atoms with Crippen molar-refractivity contribution < 1.29 is 9.59 Å². The van der Waals surface area contributed by atoms with Crippen molar-refractivity contribution in [1.82, 2.24) is 20.4 Å². The Hall–Kier alpha value is -1.06. The molecular formula is C17H32IN5O2. The molecule has 0 aromatic heterocycles. The Labute approximate surface area is 168 Å². The predicted octanol–water partition coefficient (Wildman–Crippen LogP) is 1.04. The van der Waals surface area contributed by atoms with Gasteiger partial charge in [0.15, 0.2) is 5.96 Å². The van der Waals surface area contributed by atoms with Gasteiger partial charge in [-0.25, -0.2) is 4.99 Å². The van der Waals surface area contributed by atoms with Gasteiger partial charge in [0.05, 0.1) is 0 Å². The van der Waals surface area contributed by atoms with Crippen molar-refractivity contribution in [2.24, 2.45) is 10.4 Å². The molecule has 2 rings (SSSR count). The van der Waals surface area contributed by atoms with Crippen LogP contribution in [0.5, 0.6) is 0 Å². The van der Waals surface area contributed by atoms with Crippen molar-refractivity contribution >= 4 is 41.8 Å². The summed E-state index contributed by atoms with van der Waals surface area (Å²) in [5, 5.41) is 6.42. The van der Waals surface area contributed by atoms with E-state index in [1.54, 1.807) is 19.0 Å². The van der Waals surface area contributed by atoms with E-state index in [4.69, 9.17) is 0 Å². The summed E-state index contributed by atoms with van der Waals surface area (Å²) < 4.78 is 0. The molecule has 2 unspecified atom stereocenters. The Morgan fingerprint density at radius 1 is 1.48 bits per heavy atom. The summed E-state index contributed by atoms with van der Waals surface area (Å²) in [6, 6.07) is 0.291. The third-order valence-electron chi connectivity index (χ3n) is 5.01. The first-order chi connectivity index (χ1) is 11.3. The second-order valence-corrected chi connectivity index (χ2v) is 7.36. The molecule has 2 amide bonds. The number of piperidine rings is 1. The number of carbonyl (C=O) groups excluding carboxylic acids is 2. The fourth-order valence-corrected chi connectivity index (χ4v) is 3.27. The molecule has 0 aliphatic carbocycles. The molecule has 0 aromatic carbocycles. The molecule has 2 fully saturated rings. The Morgan fingerprint density at radius 3 is 2.76 bits per heavy atom. The Kier molecular flexibility index (Phi) is 8.43. The van der Waals surface area contributed by atoms with E-state index < -0.39 is 0 Å². The van der Waals surface area contributed by atoms with E-state index in [2.05, 4.69) is 34.4 Å². The summed E-state index contributed by atoms with van der Waals surface area (Å²) in [5.41, 5.74) is 0.0127. The van der Waals surface area contributed by atoms with Gasteiger partial charge in [-0.15, -0.1) is 24.0 Å². The van der Waals surface area contributed by atoms with Crippen molar-refractivity contribution in [3.8, 4) is 0 Å². The minimum Gasteiger partial charge on any atom is -0.355 e. The lowest BCUT2D eigenvalue weighted by atomic mass is 9.79. The van der Waals surface area contributed by atoms with Crippen molar-refractivity contribution in [3.05, 3.63) is 0 Å². The first-order valence-corrected chi connectivity index (χ1v) is 8.88. The standard InChI is InChI=1S/C17H31N5O2.HI/c1-5-13(2)20-16(18-10-15(24)21(3)4)22-8-6-7-17(12-22)9-14(23)19-11-17;/h13H,5-12H2,1-4H3,(H,18,20)(H,19,23);1H. The van der Waals surface area contributed by atoms with Crippen LogP contribution in [0.2, 0.25) is 0 Å². The Morgan fingerprint density at radius 2 is 2.20 bits per heavy atom. The van der Waals surface area contributed by atoms with E-state index >= 15 is 0 Å². The monoisotopic (exact) mass is 465 g/mol. The quantitative estimate of drug-likeness (QED) is 0.370. The van der Waals surface area contributed by atoms with Crippen LogP contribution in [0.15, 0.2) is 4.99 Å². The van der Waals surface area contributed by atoms with Crippen LogP contribution in [0.1, 0.15) is 39.5 Å². The van der Waals surface area contributed by atoms with Gasteiger partial charge >= 0.3 is 0 Å². The van der Waals surface area contributed by atoms with Gasteiger partial charge in [-0.2, -0.15) is 0 Å². The highest BCUT2D eigenvalue weighted by Gasteiger charge is 2.42. The van der Waals surface area contributed by atoms with Crippen molar-refractivity contribution in [2.45, 2.75) is 45.6 Å². The molecule has 8 heteroatoms. The molecule has 0 aromatic rings. The number of likely N-dealkylation sites (N-methyl/N-ethyl adjacent to an activating group) is 1. The maximum absolute atomic E-state index is 11.9. The minimum absolute atomic E-state index is 0. The van der Waals surface area contributed by atoms with Crippen LogP contribution in [0.3, 0.4) is 0 Å². The summed E-state index contributed by atoms with van der Waals surface area (Å²) in [6.45, 7) is 6.85. The fourth-order valence-electron chi connectivity index (χ4n) is 3.27. The van der Waals surface area contributed by atoms with Gasteiger partial charge in [0.25, 0.3) is 0 Å². The van der Waals surface area contributed by atoms with Gasteiger partial charge in [-0.3, -0.25) is 9.59 Å². The zero-order valence-electron chi connectivity index (χ0n) is 15.8. The first-order valence-electron chi connectivity index (χ1n) is 8.88. The Bertz CT molecular complexity index is 511. The molecule has 7 nitrogen and oxygen atoms in total. The van der Waals surface area contributed by atoms with Crippen molar-refractivity contribution in [3.63, 3.8) is 0 Å². The zero-order valence-corrected chi connectivity index (χ0v) is 18.1. The lowest BCUT2D eigenvalue weighted by Crippen LogP contribution is -2.53. The summed E-state index contributed by atoms with van der Waals surface area (Å²) in [4.78, 5) is 31.9. The van der Waals surface area contributed by atoms with Crippen LogP contribution in [-0.2, 0) is 9.59 Å². The summed E-state index contributed by atoms with van der Waals surface area (Å²) in [5.74, 6) is 0.925. The molecule has 2 heterocycles. The third-order valence-corrected chi connectivity index (χ3v) is 5.01. The molecule has 2 atom stereocenters. The smallest absolute Gasteiger partial charge is 0.243 e. The number of likely N-dealkylation sites (tertiary alicyclic amines) is 1. The fraction of sp³-hybridized carbons (Fsp3) is 0.824. The van der Waals surface area contributed by atoms with Crippen LogP contribution in [0, 0.1) is 5.41 Å². The molecule has 0 saturated carbocycles. The Balaban J connectivity index is 0.00000312. The molecule has 0 radical (unpaired) electrons. The van der Waals surface area contributed by atoms with Gasteiger partial charge in [0, 0.05) is 51.6 Å². The highest BCUT2D eigenvalue weighted by molar-refractivity contribution is 14.0. The van der Waals surface area contributed by atoms with E-state index in [0.29, 0.717) is 12.5 Å². The first kappa shape index (κ1) is 22.0. The number of aliphatic imine (C=N–C) groups is 1. The summed E-state index contributed by atoms with van der Waals surface area (Å²) in [7, 11) is 3.48. The number of rotatable bonds is 4. The average Bonchev–Trinajstić information content (AvgIpc) is 2.90. The second kappa shape index (κ2) is 9.59. The summed E-state index contributed by atoms with van der Waals surface area (Å²) >= 11 is 0. The van der Waals surface area contributed by atoms with E-state index in [1.165, 1.54) is 0 Å². The molecule has 2 aliphatic rings. The molecule has 0 bridgehead atoms. The summed E-state index contributed by atoms with van der Waals surface area (Å²) in [6.07, 6.45) is 3.68. The van der Waals surface area contributed by atoms with Crippen LogP contribution in [0.4, 0.5) is 0 Å². The molecule has 144 valence electrons. The van der Waals surface area contributed by atoms with E-state index in [0.717, 1.165) is 44.9 Å². The highest BCUT2D eigenvalue weighted by Crippen LogP contribution is 2.36. The molecule has 25 heavy (non-hydrogen) atoms. The van der Waals surface area contributed by atoms with E-state index in [1.807, 2.05) is 0 Å². The average molecular weight is 465 g/mol. The molecule has 1 spiro atoms. The van der Waals surface area contributed by atoms with Gasteiger partial charge in [-0.1, -0.05) is 6.92 Å².